The van der Waals surface area contributed by atoms with Crippen LogP contribution in [0.5, 0.6) is 0 Å². The van der Waals surface area contributed by atoms with Crippen molar-refractivity contribution in [2.24, 2.45) is 0 Å². The van der Waals surface area contributed by atoms with Crippen molar-refractivity contribution in [3.8, 4) is 0 Å². The highest BCUT2D eigenvalue weighted by molar-refractivity contribution is 7.07. The molecule has 0 bridgehead atoms. The zero-order valence-electron chi connectivity index (χ0n) is 10.7. The fourth-order valence-electron chi connectivity index (χ4n) is 2.56. The molecule has 5 heteroatoms. The van der Waals surface area contributed by atoms with Crippen LogP contribution in [0.2, 0.25) is 0 Å². The third kappa shape index (κ3) is 2.91. The van der Waals surface area contributed by atoms with Crippen LogP contribution in [0.1, 0.15) is 18.9 Å². The molecule has 0 radical (unpaired) electrons. The molecule has 0 saturated carbocycles. The first-order valence-electron chi connectivity index (χ1n) is 6.14. The first kappa shape index (κ1) is 13.5. The first-order valence-corrected chi connectivity index (χ1v) is 7.08. The number of nitrogens with zero attached hydrogens (tertiary/aromatic N) is 1. The van der Waals surface area contributed by atoms with E-state index in [0.29, 0.717) is 13.0 Å². The summed E-state index contributed by atoms with van der Waals surface area (Å²) in [5.41, 5.74) is 1.28. The number of aliphatic hydroxyl groups excluding tert-OH is 1. The molecule has 1 aliphatic heterocycles. The van der Waals surface area contributed by atoms with E-state index in [4.69, 9.17) is 4.74 Å². The number of methoxy groups -OCH3 is 1. The maximum Gasteiger partial charge on any atom is 0.323 e. The van der Waals surface area contributed by atoms with Crippen molar-refractivity contribution in [2.45, 2.75) is 38.0 Å². The van der Waals surface area contributed by atoms with Gasteiger partial charge in [-0.25, -0.2) is 0 Å². The molecule has 2 rings (SSSR count). The van der Waals surface area contributed by atoms with Crippen LogP contribution in [0, 0.1) is 0 Å². The number of likely N-dealkylation sites (tertiary alicyclic amines) is 1. The number of rotatable bonds is 4. The summed E-state index contributed by atoms with van der Waals surface area (Å²) in [7, 11) is 1.40. The highest BCUT2D eigenvalue weighted by Crippen LogP contribution is 2.23. The van der Waals surface area contributed by atoms with E-state index in [0.717, 1.165) is 6.42 Å². The Labute approximate surface area is 111 Å². The van der Waals surface area contributed by atoms with Crippen molar-refractivity contribution in [1.82, 2.24) is 4.90 Å². The molecule has 1 aromatic heterocycles. The van der Waals surface area contributed by atoms with Crippen molar-refractivity contribution in [3.63, 3.8) is 0 Å². The third-order valence-electron chi connectivity index (χ3n) is 3.47. The number of esters is 1. The van der Waals surface area contributed by atoms with Gasteiger partial charge in [0.05, 0.1) is 13.2 Å². The van der Waals surface area contributed by atoms with Crippen molar-refractivity contribution < 1.29 is 14.6 Å². The van der Waals surface area contributed by atoms with Gasteiger partial charge in [-0.05, 0) is 35.7 Å². The molecular weight excluding hydrogens is 250 g/mol. The van der Waals surface area contributed by atoms with Crippen LogP contribution in [0.4, 0.5) is 0 Å². The molecule has 1 aromatic rings. The topological polar surface area (TPSA) is 49.8 Å². The van der Waals surface area contributed by atoms with E-state index in [1.54, 1.807) is 11.3 Å². The van der Waals surface area contributed by atoms with Crippen LogP contribution in [-0.2, 0) is 16.0 Å². The molecule has 1 N–H and O–H groups in total. The fourth-order valence-corrected chi connectivity index (χ4v) is 3.24. The van der Waals surface area contributed by atoms with Crippen LogP contribution < -0.4 is 0 Å². The number of thiophene rings is 1. The Hall–Kier alpha value is -0.910. The van der Waals surface area contributed by atoms with Crippen molar-refractivity contribution in [3.05, 3.63) is 22.4 Å². The van der Waals surface area contributed by atoms with E-state index < -0.39 is 6.10 Å². The minimum atomic E-state index is -0.431. The number of carbonyl (C=O) groups excluding carboxylic acids is 1. The predicted octanol–water partition coefficient (Wildman–Crippen LogP) is 1.29. The molecule has 0 spiro atoms. The average Bonchev–Trinajstić information content (AvgIpc) is 2.97. The van der Waals surface area contributed by atoms with Crippen molar-refractivity contribution in [2.75, 3.05) is 13.7 Å². The maximum atomic E-state index is 11.7. The molecule has 0 aromatic carbocycles. The highest BCUT2D eigenvalue weighted by atomic mass is 32.1. The van der Waals surface area contributed by atoms with Crippen LogP contribution in [0.25, 0.3) is 0 Å². The number of carbonyl (C=O) groups is 1. The summed E-state index contributed by atoms with van der Waals surface area (Å²) in [4.78, 5) is 13.8. The lowest BCUT2D eigenvalue weighted by molar-refractivity contribution is -0.146. The van der Waals surface area contributed by atoms with Gasteiger partial charge in [-0.15, -0.1) is 0 Å². The average molecular weight is 269 g/mol. The summed E-state index contributed by atoms with van der Waals surface area (Å²) in [5.74, 6) is -0.247. The quantitative estimate of drug-likeness (QED) is 0.837. The SMILES string of the molecule is COC(=O)[C@@H]1C[C@@H](O)CN1[C@@H](C)Cc1ccsc1. The third-order valence-corrected chi connectivity index (χ3v) is 4.20. The van der Waals surface area contributed by atoms with Gasteiger partial charge in [-0.1, -0.05) is 0 Å². The van der Waals surface area contributed by atoms with E-state index in [9.17, 15) is 9.90 Å². The Kier molecular flexibility index (Phi) is 4.37. The smallest absolute Gasteiger partial charge is 0.323 e. The summed E-state index contributed by atoms with van der Waals surface area (Å²) in [5, 5.41) is 13.9. The van der Waals surface area contributed by atoms with E-state index in [1.165, 1.54) is 12.7 Å². The maximum absolute atomic E-state index is 11.7. The summed E-state index contributed by atoms with van der Waals surface area (Å²) in [6.45, 7) is 2.64. The molecule has 1 saturated heterocycles. The van der Waals surface area contributed by atoms with Crippen LogP contribution in [0.15, 0.2) is 16.8 Å². The Bertz CT molecular complexity index is 393. The van der Waals surface area contributed by atoms with Gasteiger partial charge in [0, 0.05) is 19.0 Å². The molecule has 2 heterocycles. The van der Waals surface area contributed by atoms with Gasteiger partial charge in [0.1, 0.15) is 6.04 Å². The Morgan fingerprint density at radius 1 is 1.72 bits per heavy atom. The molecule has 1 fully saturated rings. The minimum absolute atomic E-state index is 0.223. The molecule has 3 atom stereocenters. The van der Waals surface area contributed by atoms with Crippen molar-refractivity contribution in [1.29, 1.82) is 0 Å². The fraction of sp³-hybridized carbons (Fsp3) is 0.615. The molecule has 0 unspecified atom stereocenters. The van der Waals surface area contributed by atoms with Crippen LogP contribution in [0.3, 0.4) is 0 Å². The standard InChI is InChI=1S/C13H19NO3S/c1-9(5-10-3-4-18-8-10)14-7-11(15)6-12(14)13(16)17-2/h3-4,8-9,11-12,15H,5-7H2,1-2H3/t9-,11+,12-/m0/s1. The van der Waals surface area contributed by atoms with Gasteiger partial charge >= 0.3 is 5.97 Å². The molecule has 18 heavy (non-hydrogen) atoms. The lowest BCUT2D eigenvalue weighted by Gasteiger charge is -2.28. The lowest BCUT2D eigenvalue weighted by Crippen LogP contribution is -2.43. The first-order chi connectivity index (χ1) is 8.61. The monoisotopic (exact) mass is 269 g/mol. The van der Waals surface area contributed by atoms with Crippen LogP contribution in [-0.4, -0.2) is 47.8 Å². The second kappa shape index (κ2) is 5.82. The minimum Gasteiger partial charge on any atom is -0.468 e. The molecule has 4 nitrogen and oxygen atoms in total. The molecule has 0 aliphatic carbocycles. The Morgan fingerprint density at radius 3 is 3.11 bits per heavy atom. The largest absolute Gasteiger partial charge is 0.468 e. The number of hydrogen-bond acceptors (Lipinski definition) is 5. The number of hydrogen-bond donors (Lipinski definition) is 1. The van der Waals surface area contributed by atoms with Gasteiger partial charge in [0.2, 0.25) is 0 Å². The Balaban J connectivity index is 2.03. The zero-order valence-corrected chi connectivity index (χ0v) is 11.5. The van der Waals surface area contributed by atoms with Gasteiger partial charge in [0.25, 0.3) is 0 Å². The van der Waals surface area contributed by atoms with Gasteiger partial charge < -0.3 is 9.84 Å². The summed E-state index contributed by atoms with van der Waals surface area (Å²) < 4.78 is 4.81. The number of ether oxygens (including phenoxy) is 1. The summed E-state index contributed by atoms with van der Waals surface area (Å²) in [6, 6.07) is 2.01. The van der Waals surface area contributed by atoms with Gasteiger partial charge in [-0.3, -0.25) is 9.69 Å². The second-order valence-electron chi connectivity index (χ2n) is 4.81. The predicted molar refractivity (Wildman–Crippen MR) is 70.6 cm³/mol. The van der Waals surface area contributed by atoms with Crippen molar-refractivity contribution >= 4 is 17.3 Å². The number of aliphatic hydroxyl groups is 1. The zero-order chi connectivity index (χ0) is 13.1. The van der Waals surface area contributed by atoms with E-state index in [1.807, 2.05) is 4.90 Å². The Morgan fingerprint density at radius 2 is 2.50 bits per heavy atom. The van der Waals surface area contributed by atoms with E-state index >= 15 is 0 Å². The lowest BCUT2D eigenvalue weighted by atomic mass is 10.1. The molecule has 1 aliphatic rings. The summed E-state index contributed by atoms with van der Waals surface area (Å²) in [6.07, 6.45) is 0.934. The van der Waals surface area contributed by atoms with Crippen LogP contribution >= 0.6 is 11.3 Å². The highest BCUT2D eigenvalue weighted by Gasteiger charge is 2.39. The van der Waals surface area contributed by atoms with Gasteiger partial charge in [-0.2, -0.15) is 11.3 Å². The molecular formula is C13H19NO3S. The van der Waals surface area contributed by atoms with Gasteiger partial charge in [0.15, 0.2) is 0 Å². The number of β-amino-alcohol motifs (C(OH)–C–C–N with tert-alkyl or cyclic N) is 1. The summed E-state index contributed by atoms with van der Waals surface area (Å²) >= 11 is 1.68. The second-order valence-corrected chi connectivity index (χ2v) is 5.59. The normalized spacial score (nSPS) is 26.2. The molecule has 0 amide bonds. The van der Waals surface area contributed by atoms with E-state index in [2.05, 4.69) is 23.8 Å². The van der Waals surface area contributed by atoms with E-state index in [-0.39, 0.29) is 18.1 Å². The molecule has 100 valence electrons.